The molecule has 0 aliphatic heterocycles. The quantitative estimate of drug-likeness (QED) is 0.683. The van der Waals surface area contributed by atoms with Gasteiger partial charge in [-0.25, -0.2) is 0 Å². The Morgan fingerprint density at radius 3 is 2.85 bits per heavy atom. The number of ether oxygens (including phenoxy) is 1. The van der Waals surface area contributed by atoms with Crippen molar-refractivity contribution in [2.45, 2.75) is 13.8 Å². The van der Waals surface area contributed by atoms with Crippen molar-refractivity contribution in [1.82, 2.24) is 0 Å². The van der Waals surface area contributed by atoms with E-state index in [9.17, 15) is 0 Å². The molecule has 1 aromatic carbocycles. The van der Waals surface area contributed by atoms with Gasteiger partial charge >= 0.3 is 0 Å². The molecule has 0 unspecified atom stereocenters. The maximum absolute atomic E-state index is 5.54. The van der Waals surface area contributed by atoms with Gasteiger partial charge in [0.05, 0.1) is 6.61 Å². The Labute approximate surface area is 80.0 Å². The molecule has 0 heterocycles. The maximum atomic E-state index is 5.54. The van der Waals surface area contributed by atoms with E-state index in [1.54, 1.807) is 0 Å². The summed E-state index contributed by atoms with van der Waals surface area (Å²) in [7, 11) is 0. The van der Waals surface area contributed by atoms with Crippen molar-refractivity contribution in [1.29, 1.82) is 0 Å². The molecule has 69 valence electrons. The fourth-order valence-corrected chi connectivity index (χ4v) is 0.959. The largest absolute Gasteiger partial charge is 0.493 e. The second-order valence-electron chi connectivity index (χ2n) is 3.41. The Bertz CT molecular complexity index is 276. The minimum Gasteiger partial charge on any atom is -0.493 e. The first-order valence-corrected chi connectivity index (χ1v) is 4.48. The van der Waals surface area contributed by atoms with E-state index >= 15 is 0 Å². The molecule has 13 heavy (non-hydrogen) atoms. The van der Waals surface area contributed by atoms with E-state index in [-0.39, 0.29) is 0 Å². The summed E-state index contributed by atoms with van der Waals surface area (Å²) in [6.45, 7) is 8.59. The van der Waals surface area contributed by atoms with Crippen molar-refractivity contribution in [2.24, 2.45) is 5.92 Å². The first kappa shape index (κ1) is 9.85. The molecule has 0 N–H and O–H groups in total. The van der Waals surface area contributed by atoms with Crippen LogP contribution in [0, 0.1) is 12.0 Å². The molecule has 0 bridgehead atoms. The SMILES string of the molecule is C=[C]c1cccc(OCC(C)C)c1. The second kappa shape index (κ2) is 4.70. The van der Waals surface area contributed by atoms with Crippen LogP contribution in [0.3, 0.4) is 0 Å². The van der Waals surface area contributed by atoms with Crippen LogP contribution >= 0.6 is 0 Å². The van der Waals surface area contributed by atoms with E-state index in [4.69, 9.17) is 4.74 Å². The van der Waals surface area contributed by atoms with Gasteiger partial charge in [0.25, 0.3) is 0 Å². The highest BCUT2D eigenvalue weighted by Crippen LogP contribution is 2.13. The van der Waals surface area contributed by atoms with Crippen LogP contribution in [0.5, 0.6) is 5.75 Å². The monoisotopic (exact) mass is 175 g/mol. The van der Waals surface area contributed by atoms with E-state index in [0.29, 0.717) is 5.92 Å². The van der Waals surface area contributed by atoms with Crippen LogP contribution in [-0.4, -0.2) is 6.61 Å². The zero-order chi connectivity index (χ0) is 9.68. The zero-order valence-electron chi connectivity index (χ0n) is 8.21. The summed E-state index contributed by atoms with van der Waals surface area (Å²) in [5.74, 6) is 1.44. The second-order valence-corrected chi connectivity index (χ2v) is 3.41. The number of hydrogen-bond donors (Lipinski definition) is 0. The Hall–Kier alpha value is -1.24. The molecular weight excluding hydrogens is 160 g/mol. The molecular formula is C12H15O. The fourth-order valence-electron chi connectivity index (χ4n) is 0.959. The molecule has 0 aromatic heterocycles. The zero-order valence-corrected chi connectivity index (χ0v) is 8.21. The van der Waals surface area contributed by atoms with Crippen molar-refractivity contribution in [2.75, 3.05) is 6.61 Å². The standard InChI is InChI=1S/C12H15O/c1-4-11-6-5-7-12(8-11)13-9-10(2)3/h5-8,10H,1,9H2,2-3H3. The van der Waals surface area contributed by atoms with Gasteiger partial charge in [0.2, 0.25) is 0 Å². The van der Waals surface area contributed by atoms with Gasteiger partial charge in [0.1, 0.15) is 5.75 Å². The lowest BCUT2D eigenvalue weighted by Crippen LogP contribution is -2.04. The molecule has 1 rings (SSSR count). The van der Waals surface area contributed by atoms with Gasteiger partial charge in [-0.1, -0.05) is 32.6 Å². The van der Waals surface area contributed by atoms with Gasteiger partial charge in [-0.2, -0.15) is 0 Å². The van der Waals surface area contributed by atoms with Crippen molar-refractivity contribution in [3.8, 4) is 5.75 Å². The van der Waals surface area contributed by atoms with E-state index in [0.717, 1.165) is 17.9 Å². The van der Waals surface area contributed by atoms with Gasteiger partial charge in [-0.15, -0.1) is 0 Å². The summed E-state index contributed by atoms with van der Waals surface area (Å²) in [6.07, 6.45) is 2.82. The molecule has 0 saturated heterocycles. The van der Waals surface area contributed by atoms with Crippen molar-refractivity contribution < 1.29 is 4.74 Å². The summed E-state index contributed by atoms with van der Waals surface area (Å²) in [4.78, 5) is 0. The molecule has 1 radical (unpaired) electrons. The van der Waals surface area contributed by atoms with Crippen molar-refractivity contribution in [3.05, 3.63) is 42.5 Å². The van der Waals surface area contributed by atoms with Gasteiger partial charge in [0.15, 0.2) is 0 Å². The maximum Gasteiger partial charge on any atom is 0.119 e. The van der Waals surface area contributed by atoms with Gasteiger partial charge in [0, 0.05) is 0 Å². The van der Waals surface area contributed by atoms with Crippen LogP contribution in [0.2, 0.25) is 0 Å². The van der Waals surface area contributed by atoms with Crippen LogP contribution in [-0.2, 0) is 0 Å². The Balaban J connectivity index is 2.61. The highest BCUT2D eigenvalue weighted by molar-refractivity contribution is 5.31. The summed E-state index contributed by atoms with van der Waals surface area (Å²) in [5, 5.41) is 0. The molecule has 1 nitrogen and oxygen atoms in total. The van der Waals surface area contributed by atoms with E-state index in [1.165, 1.54) is 0 Å². The molecule has 0 fully saturated rings. The summed E-state index contributed by atoms with van der Waals surface area (Å²) >= 11 is 0. The smallest absolute Gasteiger partial charge is 0.119 e. The van der Waals surface area contributed by atoms with Crippen LogP contribution in [0.25, 0.3) is 0 Å². The molecule has 0 amide bonds. The average molecular weight is 175 g/mol. The molecule has 0 aliphatic rings. The Kier molecular flexibility index (Phi) is 3.56. The summed E-state index contributed by atoms with van der Waals surface area (Å²) in [5.41, 5.74) is 0.973. The van der Waals surface area contributed by atoms with Crippen LogP contribution < -0.4 is 4.74 Å². The molecule has 1 aromatic rings. The predicted octanol–water partition coefficient (Wildman–Crippen LogP) is 3.06. The Morgan fingerprint density at radius 2 is 2.23 bits per heavy atom. The lowest BCUT2D eigenvalue weighted by Gasteiger charge is -2.08. The number of hydrogen-bond acceptors (Lipinski definition) is 1. The van der Waals surface area contributed by atoms with E-state index in [1.807, 2.05) is 24.3 Å². The molecule has 0 spiro atoms. The minimum absolute atomic E-state index is 0.552. The average Bonchev–Trinajstić information content (AvgIpc) is 2.15. The van der Waals surface area contributed by atoms with Gasteiger partial charge in [-0.3, -0.25) is 0 Å². The first-order chi connectivity index (χ1) is 6.22. The normalized spacial score (nSPS) is 10.1. The van der Waals surface area contributed by atoms with Crippen molar-refractivity contribution in [3.63, 3.8) is 0 Å². The molecule has 0 atom stereocenters. The molecule has 1 heteroatoms. The number of rotatable bonds is 4. The highest BCUT2D eigenvalue weighted by atomic mass is 16.5. The summed E-state index contributed by atoms with van der Waals surface area (Å²) in [6, 6.07) is 7.79. The van der Waals surface area contributed by atoms with Crippen LogP contribution in [0.1, 0.15) is 19.4 Å². The van der Waals surface area contributed by atoms with Gasteiger partial charge in [-0.05, 0) is 29.7 Å². The highest BCUT2D eigenvalue weighted by Gasteiger charge is 1.96. The van der Waals surface area contributed by atoms with Crippen LogP contribution in [0.4, 0.5) is 0 Å². The lowest BCUT2D eigenvalue weighted by atomic mass is 10.2. The third-order valence-electron chi connectivity index (χ3n) is 1.62. The van der Waals surface area contributed by atoms with E-state index < -0.39 is 0 Å². The van der Waals surface area contributed by atoms with Crippen LogP contribution in [0.15, 0.2) is 30.8 Å². The first-order valence-electron chi connectivity index (χ1n) is 4.48. The molecule has 0 saturated carbocycles. The molecule has 0 aliphatic carbocycles. The minimum atomic E-state index is 0.552. The lowest BCUT2D eigenvalue weighted by molar-refractivity contribution is 0.271. The Morgan fingerprint density at radius 1 is 1.46 bits per heavy atom. The van der Waals surface area contributed by atoms with Gasteiger partial charge < -0.3 is 4.74 Å². The predicted molar refractivity (Wildman–Crippen MR) is 54.7 cm³/mol. The topological polar surface area (TPSA) is 9.23 Å². The fraction of sp³-hybridized carbons (Fsp3) is 0.333. The van der Waals surface area contributed by atoms with E-state index in [2.05, 4.69) is 26.5 Å². The third kappa shape index (κ3) is 3.32. The van der Waals surface area contributed by atoms with Crippen molar-refractivity contribution >= 4 is 0 Å². The number of benzene rings is 1. The third-order valence-corrected chi connectivity index (χ3v) is 1.62. The summed E-state index contributed by atoms with van der Waals surface area (Å²) < 4.78 is 5.54.